The van der Waals surface area contributed by atoms with E-state index in [1.807, 2.05) is 0 Å². The molecule has 8 aromatic carbocycles. The zero-order valence-corrected chi connectivity index (χ0v) is 38.7. The minimum atomic E-state index is 0.00619. The van der Waals surface area contributed by atoms with Gasteiger partial charge < -0.3 is 9.80 Å². The van der Waals surface area contributed by atoms with Crippen LogP contribution >= 0.6 is 0 Å². The van der Waals surface area contributed by atoms with Crippen molar-refractivity contribution < 1.29 is 0 Å². The summed E-state index contributed by atoms with van der Waals surface area (Å²) in [5, 5.41) is 7.97. The van der Waals surface area contributed by atoms with Gasteiger partial charge in [0.05, 0.1) is 11.4 Å². The largest absolute Gasteiger partial charge is 0.309 e. The molecule has 0 aliphatic carbocycles. The Morgan fingerprint density at radius 3 is 1.00 bits per heavy atom. The van der Waals surface area contributed by atoms with Gasteiger partial charge in [-0.25, -0.2) is 0 Å². The van der Waals surface area contributed by atoms with Gasteiger partial charge in [0.15, 0.2) is 0 Å². The van der Waals surface area contributed by atoms with Crippen LogP contribution in [0.5, 0.6) is 0 Å². The third kappa shape index (κ3) is 7.02. The number of nitrogens with zero attached hydrogens (tertiary/aromatic N) is 2. The molecule has 0 atom stereocenters. The lowest BCUT2D eigenvalue weighted by molar-refractivity contribution is 0.590. The van der Waals surface area contributed by atoms with Gasteiger partial charge in [0.25, 0.3) is 0 Å². The second-order valence-corrected chi connectivity index (χ2v) is 19.6. The summed E-state index contributed by atoms with van der Waals surface area (Å²) in [6.45, 7) is 32.1. The van der Waals surface area contributed by atoms with Gasteiger partial charge in [0.1, 0.15) is 0 Å². The van der Waals surface area contributed by atoms with E-state index in [4.69, 9.17) is 0 Å². The molecule has 0 fully saturated rings. The molecule has 0 spiro atoms. The summed E-state index contributed by atoms with van der Waals surface area (Å²) < 4.78 is 0. The van der Waals surface area contributed by atoms with Crippen molar-refractivity contribution in [3.63, 3.8) is 0 Å². The Bertz CT molecular complexity index is 2730. The topological polar surface area (TPSA) is 6.48 Å². The maximum absolute atomic E-state index is 2.59. The fourth-order valence-corrected chi connectivity index (χ4v) is 9.39. The van der Waals surface area contributed by atoms with Crippen molar-refractivity contribution in [2.75, 3.05) is 9.80 Å². The van der Waals surface area contributed by atoms with Crippen LogP contribution in [0.2, 0.25) is 0 Å². The summed E-state index contributed by atoms with van der Waals surface area (Å²) in [5.74, 6) is 0. The molecule has 8 aromatic rings. The Balaban J connectivity index is 1.53. The lowest BCUT2D eigenvalue weighted by Gasteiger charge is -2.34. The highest BCUT2D eigenvalue weighted by molar-refractivity contribution is 6.29. The molecule has 2 nitrogen and oxygen atoms in total. The molecule has 0 N–H and O–H groups in total. The van der Waals surface area contributed by atoms with Gasteiger partial charge in [-0.3, -0.25) is 0 Å². The van der Waals surface area contributed by atoms with E-state index < -0.39 is 0 Å². The highest BCUT2D eigenvalue weighted by Crippen LogP contribution is 2.51. The van der Waals surface area contributed by atoms with Crippen LogP contribution in [0.1, 0.15) is 111 Å². The molecule has 0 aromatic heterocycles. The standard InChI is InChI=1S/C58H64N2/c1-15-41-31-53(59(49-29-35(3)17-19-37(49)5)51-33-43(57(9,10)11)23-21-39(51)7)47-28-26-46-42(16-2)32-54(48-27-25-45(41)55(47)56(46)48)60(50-30-36(4)18-20-38(50)6)52-34-44(58(12,13)14)24-22-40(52)8/h17-34H,15-16H2,1-14H3. The Kier molecular flexibility index (Phi) is 10.4. The second-order valence-electron chi connectivity index (χ2n) is 19.6. The number of benzene rings is 8. The molecule has 0 bridgehead atoms. The van der Waals surface area contributed by atoms with E-state index >= 15 is 0 Å². The third-order valence-electron chi connectivity index (χ3n) is 13.1. The van der Waals surface area contributed by atoms with Gasteiger partial charge in [0.2, 0.25) is 0 Å². The van der Waals surface area contributed by atoms with E-state index in [0.29, 0.717) is 0 Å². The average molecular weight is 789 g/mol. The number of rotatable bonds is 8. The van der Waals surface area contributed by atoms with Crippen molar-refractivity contribution in [1.29, 1.82) is 0 Å². The molecule has 8 rings (SSSR count). The van der Waals surface area contributed by atoms with Gasteiger partial charge in [-0.15, -0.1) is 0 Å². The molecular formula is C58H64N2. The zero-order valence-electron chi connectivity index (χ0n) is 38.7. The highest BCUT2D eigenvalue weighted by atomic mass is 15.2. The first kappa shape index (κ1) is 41.1. The Hall–Kier alpha value is -5.60. The molecule has 0 saturated heterocycles. The first-order chi connectivity index (χ1) is 28.4. The van der Waals surface area contributed by atoms with Crippen LogP contribution in [0.3, 0.4) is 0 Å². The van der Waals surface area contributed by atoms with Crippen molar-refractivity contribution in [1.82, 2.24) is 0 Å². The zero-order chi connectivity index (χ0) is 43.0. The molecule has 0 radical (unpaired) electrons. The van der Waals surface area contributed by atoms with Gasteiger partial charge in [-0.2, -0.15) is 0 Å². The summed E-state index contributed by atoms with van der Waals surface area (Å²) in [4.78, 5) is 5.17. The average Bonchev–Trinajstić information content (AvgIpc) is 3.20. The van der Waals surface area contributed by atoms with Crippen LogP contribution in [0.4, 0.5) is 34.1 Å². The number of anilines is 6. The number of aryl methyl sites for hydroxylation is 8. The van der Waals surface area contributed by atoms with Gasteiger partial charge in [0, 0.05) is 33.5 Å². The van der Waals surface area contributed by atoms with Crippen molar-refractivity contribution >= 4 is 66.4 Å². The van der Waals surface area contributed by atoms with E-state index in [1.165, 1.54) is 122 Å². The van der Waals surface area contributed by atoms with E-state index in [0.717, 1.165) is 12.8 Å². The molecule has 2 heteroatoms. The normalized spacial score (nSPS) is 12.3. The minimum absolute atomic E-state index is 0.00619. The van der Waals surface area contributed by atoms with Crippen LogP contribution in [0, 0.1) is 41.5 Å². The fraction of sp³-hybridized carbons (Fsp3) is 0.310. The van der Waals surface area contributed by atoms with Gasteiger partial charge in [-0.05, 0) is 179 Å². The lowest BCUT2D eigenvalue weighted by atomic mass is 9.85. The van der Waals surface area contributed by atoms with Crippen LogP contribution in [0.25, 0.3) is 32.3 Å². The summed E-state index contributed by atoms with van der Waals surface area (Å²) in [6.07, 6.45) is 1.87. The molecule has 0 amide bonds. The van der Waals surface area contributed by atoms with Crippen LogP contribution in [0.15, 0.2) is 109 Å². The van der Waals surface area contributed by atoms with Gasteiger partial charge in [-0.1, -0.05) is 128 Å². The number of hydrogen-bond donors (Lipinski definition) is 0. The minimum Gasteiger partial charge on any atom is -0.309 e. The second kappa shape index (κ2) is 15.1. The Morgan fingerprint density at radius 1 is 0.350 bits per heavy atom. The first-order valence-electron chi connectivity index (χ1n) is 22.1. The van der Waals surface area contributed by atoms with E-state index in [1.54, 1.807) is 0 Å². The summed E-state index contributed by atoms with van der Waals surface area (Å²) in [6, 6.07) is 42.7. The number of hydrogen-bond acceptors (Lipinski definition) is 2. The quantitative estimate of drug-likeness (QED) is 0.142. The van der Waals surface area contributed by atoms with Crippen LogP contribution < -0.4 is 9.80 Å². The third-order valence-corrected chi connectivity index (χ3v) is 13.1. The maximum Gasteiger partial charge on any atom is 0.0543 e. The van der Waals surface area contributed by atoms with Crippen molar-refractivity contribution in [2.24, 2.45) is 0 Å². The van der Waals surface area contributed by atoms with Crippen molar-refractivity contribution in [3.05, 3.63) is 165 Å². The van der Waals surface area contributed by atoms with E-state index in [9.17, 15) is 0 Å². The van der Waals surface area contributed by atoms with Crippen LogP contribution in [-0.2, 0) is 23.7 Å². The monoisotopic (exact) mass is 789 g/mol. The smallest absolute Gasteiger partial charge is 0.0543 e. The molecule has 60 heavy (non-hydrogen) atoms. The molecule has 0 aliphatic heterocycles. The molecular weight excluding hydrogens is 725 g/mol. The fourth-order valence-electron chi connectivity index (χ4n) is 9.39. The predicted octanol–water partition coefficient (Wildman–Crippen LogP) is 17.1. The molecule has 0 saturated carbocycles. The Labute approximate surface area is 360 Å². The first-order valence-corrected chi connectivity index (χ1v) is 22.1. The molecule has 0 heterocycles. The van der Waals surface area contributed by atoms with Gasteiger partial charge >= 0.3 is 0 Å². The van der Waals surface area contributed by atoms with Crippen LogP contribution in [-0.4, -0.2) is 0 Å². The summed E-state index contributed by atoms with van der Waals surface area (Å²) in [5.41, 5.74) is 20.4. The SMILES string of the molecule is CCc1cc(N(c2cc(C)ccc2C)c2cc(C(C)(C)C)ccc2C)c2ccc3c(CC)cc(N(c4cc(C)ccc4C)c4cc(C(C)(C)C)ccc4C)c4ccc1c2c34. The summed E-state index contributed by atoms with van der Waals surface area (Å²) >= 11 is 0. The molecule has 0 aliphatic rings. The highest BCUT2D eigenvalue weighted by Gasteiger charge is 2.28. The summed E-state index contributed by atoms with van der Waals surface area (Å²) in [7, 11) is 0. The lowest BCUT2D eigenvalue weighted by Crippen LogP contribution is -2.17. The Morgan fingerprint density at radius 2 is 0.667 bits per heavy atom. The predicted molar refractivity (Wildman–Crippen MR) is 264 cm³/mol. The van der Waals surface area contributed by atoms with Crippen molar-refractivity contribution in [2.45, 2.75) is 121 Å². The van der Waals surface area contributed by atoms with Crippen molar-refractivity contribution in [3.8, 4) is 0 Å². The van der Waals surface area contributed by atoms with E-state index in [-0.39, 0.29) is 10.8 Å². The maximum atomic E-state index is 2.59. The van der Waals surface area contributed by atoms with E-state index in [2.05, 4.69) is 216 Å². The molecule has 306 valence electrons. The molecule has 0 unspecified atom stereocenters.